The molecule has 0 saturated carbocycles. The van der Waals surface area contributed by atoms with Crippen LogP contribution in [0, 0.1) is 11.3 Å². The van der Waals surface area contributed by atoms with Crippen LogP contribution < -0.4 is 4.90 Å². The minimum Gasteiger partial charge on any atom is -0.465 e. The zero-order valence-electron chi connectivity index (χ0n) is 14.3. The molecular weight excluding hydrogens is 326 g/mol. The highest BCUT2D eigenvalue weighted by Gasteiger charge is 2.38. The Morgan fingerprint density at radius 1 is 1.25 bits per heavy atom. The summed E-state index contributed by atoms with van der Waals surface area (Å²) >= 11 is 1.37. The summed E-state index contributed by atoms with van der Waals surface area (Å²) in [6.07, 6.45) is 5.08. The fraction of sp³-hybridized carbons (Fsp3) is 0.500. The molecule has 5 nitrogen and oxygen atoms in total. The molecule has 0 radical (unpaired) electrons. The van der Waals surface area contributed by atoms with Gasteiger partial charge in [-0.05, 0) is 36.2 Å². The summed E-state index contributed by atoms with van der Waals surface area (Å²) < 4.78 is 4.92. The molecule has 0 N–H and O–H groups in total. The predicted molar refractivity (Wildman–Crippen MR) is 92.3 cm³/mol. The summed E-state index contributed by atoms with van der Waals surface area (Å²) in [6.45, 7) is 6.65. The number of ether oxygens (including phenoxy) is 1. The molecule has 1 aromatic rings. The van der Waals surface area contributed by atoms with Gasteiger partial charge in [0.15, 0.2) is 0 Å². The summed E-state index contributed by atoms with van der Waals surface area (Å²) in [5.74, 6) is -0.790. The van der Waals surface area contributed by atoms with Crippen LogP contribution in [0.5, 0.6) is 0 Å². The molecule has 0 spiro atoms. The number of methoxy groups -OCH3 is 1. The lowest BCUT2D eigenvalue weighted by atomic mass is 9.72. The maximum atomic E-state index is 12.3. The van der Waals surface area contributed by atoms with E-state index < -0.39 is 17.8 Å². The quantitative estimate of drug-likeness (QED) is 0.609. The van der Waals surface area contributed by atoms with E-state index in [9.17, 15) is 14.4 Å². The number of thiophene rings is 1. The Bertz CT molecular complexity index is 736. The van der Waals surface area contributed by atoms with Gasteiger partial charge < -0.3 is 4.74 Å². The largest absolute Gasteiger partial charge is 0.465 e. The molecule has 1 aromatic heterocycles. The Kier molecular flexibility index (Phi) is 4.11. The number of nitrogens with zero attached hydrogens (tertiary/aromatic N) is 1. The molecule has 1 aliphatic carbocycles. The zero-order valence-corrected chi connectivity index (χ0v) is 15.2. The first-order valence-electron chi connectivity index (χ1n) is 8.03. The zero-order chi connectivity index (χ0) is 17.6. The lowest BCUT2D eigenvalue weighted by molar-refractivity contribution is -0.119. The molecule has 6 heteroatoms. The van der Waals surface area contributed by atoms with Gasteiger partial charge in [0.2, 0.25) is 0 Å². The van der Waals surface area contributed by atoms with Gasteiger partial charge in [0.05, 0.1) is 12.7 Å². The third-order valence-corrected chi connectivity index (χ3v) is 6.11. The topological polar surface area (TPSA) is 63.7 Å². The van der Waals surface area contributed by atoms with Crippen LogP contribution in [-0.4, -0.2) is 24.9 Å². The molecule has 1 atom stereocenters. The van der Waals surface area contributed by atoms with Crippen molar-refractivity contribution in [2.45, 2.75) is 40.0 Å². The highest BCUT2D eigenvalue weighted by atomic mass is 32.1. The van der Waals surface area contributed by atoms with E-state index in [4.69, 9.17) is 4.74 Å². The first-order valence-corrected chi connectivity index (χ1v) is 8.84. The van der Waals surface area contributed by atoms with Crippen molar-refractivity contribution < 1.29 is 19.1 Å². The van der Waals surface area contributed by atoms with Crippen molar-refractivity contribution in [1.29, 1.82) is 0 Å². The smallest absolute Gasteiger partial charge is 0.341 e. The molecule has 3 rings (SSSR count). The predicted octanol–water partition coefficient (Wildman–Crippen LogP) is 3.12. The van der Waals surface area contributed by atoms with Crippen LogP contribution in [-0.2, 0) is 27.2 Å². The second-order valence-corrected chi connectivity index (χ2v) is 8.41. The van der Waals surface area contributed by atoms with E-state index in [-0.39, 0.29) is 5.41 Å². The van der Waals surface area contributed by atoms with E-state index in [0.717, 1.165) is 34.6 Å². The fourth-order valence-electron chi connectivity index (χ4n) is 3.38. The number of imide groups is 1. The number of anilines is 1. The van der Waals surface area contributed by atoms with Gasteiger partial charge >= 0.3 is 5.97 Å². The van der Waals surface area contributed by atoms with Crippen molar-refractivity contribution in [3.8, 4) is 0 Å². The van der Waals surface area contributed by atoms with Crippen molar-refractivity contribution in [2.24, 2.45) is 11.3 Å². The van der Waals surface area contributed by atoms with Crippen molar-refractivity contribution in [1.82, 2.24) is 0 Å². The minimum absolute atomic E-state index is 0.175. The standard InChI is InChI=1S/C18H21NO4S/c1-18(2,3)10-5-6-11-12(9-10)24-16(15(11)17(22)23-4)19-13(20)7-8-14(19)21/h7-8,10H,5-6,9H2,1-4H3. The Labute approximate surface area is 145 Å². The van der Waals surface area contributed by atoms with Gasteiger partial charge in [-0.2, -0.15) is 0 Å². The molecular formula is C18H21NO4S. The number of esters is 1. The third kappa shape index (κ3) is 2.69. The minimum atomic E-state index is -0.482. The number of carbonyl (C=O) groups excluding carboxylic acids is 3. The third-order valence-electron chi connectivity index (χ3n) is 4.87. The maximum absolute atomic E-state index is 12.3. The van der Waals surface area contributed by atoms with Crippen LogP contribution in [0.1, 0.15) is 48.0 Å². The van der Waals surface area contributed by atoms with Crippen LogP contribution in [0.15, 0.2) is 12.2 Å². The Balaban J connectivity index is 2.08. The van der Waals surface area contributed by atoms with Crippen molar-refractivity contribution in [3.63, 3.8) is 0 Å². The molecule has 2 aliphatic rings. The van der Waals surface area contributed by atoms with E-state index in [2.05, 4.69) is 20.8 Å². The summed E-state index contributed by atoms with van der Waals surface area (Å²) in [5.41, 5.74) is 1.50. The van der Waals surface area contributed by atoms with Gasteiger partial charge in [-0.15, -0.1) is 11.3 Å². The van der Waals surface area contributed by atoms with Crippen LogP contribution in [0.2, 0.25) is 0 Å². The Hall–Kier alpha value is -1.95. The highest BCUT2D eigenvalue weighted by molar-refractivity contribution is 7.17. The Morgan fingerprint density at radius 2 is 1.88 bits per heavy atom. The average molecular weight is 347 g/mol. The summed E-state index contributed by atoms with van der Waals surface area (Å²) in [4.78, 5) is 38.6. The number of hydrogen-bond acceptors (Lipinski definition) is 5. The van der Waals surface area contributed by atoms with Crippen LogP contribution >= 0.6 is 11.3 Å². The summed E-state index contributed by atoms with van der Waals surface area (Å²) in [6, 6.07) is 0. The molecule has 1 unspecified atom stereocenters. The SMILES string of the molecule is COC(=O)c1c(N2C(=O)C=CC2=O)sc2c1CCC(C(C)(C)C)C2. The second-order valence-electron chi connectivity index (χ2n) is 7.33. The number of fused-ring (bicyclic) bond motifs is 1. The van der Waals surface area contributed by atoms with Crippen molar-refractivity contribution >= 4 is 34.1 Å². The number of carbonyl (C=O) groups is 3. The van der Waals surface area contributed by atoms with Gasteiger partial charge in [-0.3, -0.25) is 9.59 Å². The Morgan fingerprint density at radius 3 is 2.42 bits per heavy atom. The van der Waals surface area contributed by atoms with E-state index in [0.29, 0.717) is 16.5 Å². The van der Waals surface area contributed by atoms with Gasteiger partial charge in [-0.25, -0.2) is 9.69 Å². The van der Waals surface area contributed by atoms with Gasteiger partial charge in [-0.1, -0.05) is 20.8 Å². The lowest BCUT2D eigenvalue weighted by Crippen LogP contribution is -2.30. The van der Waals surface area contributed by atoms with Gasteiger partial charge in [0, 0.05) is 17.0 Å². The van der Waals surface area contributed by atoms with E-state index in [1.807, 2.05) is 0 Å². The average Bonchev–Trinajstić information content (AvgIpc) is 3.04. The van der Waals surface area contributed by atoms with Crippen LogP contribution in [0.3, 0.4) is 0 Å². The molecule has 1 aliphatic heterocycles. The van der Waals surface area contributed by atoms with E-state index in [1.165, 1.54) is 30.6 Å². The molecule has 2 amide bonds. The molecule has 24 heavy (non-hydrogen) atoms. The second kappa shape index (κ2) is 5.84. The first-order chi connectivity index (χ1) is 11.2. The normalized spacial score (nSPS) is 20.5. The highest BCUT2D eigenvalue weighted by Crippen LogP contribution is 2.46. The van der Waals surface area contributed by atoms with Crippen molar-refractivity contribution in [3.05, 3.63) is 28.2 Å². The fourth-order valence-corrected chi connectivity index (χ4v) is 4.81. The monoisotopic (exact) mass is 347 g/mol. The number of amides is 2. The van der Waals surface area contributed by atoms with E-state index >= 15 is 0 Å². The maximum Gasteiger partial charge on any atom is 0.341 e. The van der Waals surface area contributed by atoms with Gasteiger partial charge in [0.25, 0.3) is 11.8 Å². The van der Waals surface area contributed by atoms with E-state index in [1.54, 1.807) is 0 Å². The number of hydrogen-bond donors (Lipinski definition) is 0. The summed E-state index contributed by atoms with van der Waals surface area (Å²) in [7, 11) is 1.32. The molecule has 0 bridgehead atoms. The lowest BCUT2D eigenvalue weighted by Gasteiger charge is -2.33. The molecule has 2 heterocycles. The van der Waals surface area contributed by atoms with Crippen molar-refractivity contribution in [2.75, 3.05) is 12.0 Å². The molecule has 128 valence electrons. The molecule has 0 fully saturated rings. The first kappa shape index (κ1) is 16.9. The molecule has 0 aromatic carbocycles. The van der Waals surface area contributed by atoms with Crippen LogP contribution in [0.25, 0.3) is 0 Å². The van der Waals surface area contributed by atoms with Crippen LogP contribution in [0.4, 0.5) is 5.00 Å². The number of rotatable bonds is 2. The van der Waals surface area contributed by atoms with Gasteiger partial charge in [0.1, 0.15) is 5.00 Å². The molecule has 0 saturated heterocycles. The summed E-state index contributed by atoms with van der Waals surface area (Å²) in [5, 5.41) is 0.404.